The van der Waals surface area contributed by atoms with Gasteiger partial charge < -0.3 is 29.4 Å². The van der Waals surface area contributed by atoms with Crippen molar-refractivity contribution >= 4 is 23.4 Å². The summed E-state index contributed by atoms with van der Waals surface area (Å²) in [6.45, 7) is 9.91. The molecule has 1 aliphatic rings. The molecule has 1 aromatic heterocycles. The van der Waals surface area contributed by atoms with Crippen LogP contribution in [0, 0.1) is 13.8 Å². The second kappa shape index (κ2) is 10.8. The van der Waals surface area contributed by atoms with Crippen LogP contribution in [0.15, 0.2) is 29.8 Å². The maximum atomic E-state index is 13.3. The van der Waals surface area contributed by atoms with E-state index < -0.39 is 23.7 Å². The van der Waals surface area contributed by atoms with E-state index in [2.05, 4.69) is 9.88 Å². The van der Waals surface area contributed by atoms with Crippen LogP contribution in [0.4, 0.5) is 0 Å². The van der Waals surface area contributed by atoms with Gasteiger partial charge in [0, 0.05) is 24.3 Å². The minimum atomic E-state index is -0.809. The van der Waals surface area contributed by atoms with Crippen LogP contribution in [0.5, 0.6) is 5.75 Å². The normalized spacial score (nSPS) is 17.3. The highest BCUT2D eigenvalue weighted by Gasteiger charge is 2.46. The van der Waals surface area contributed by atoms with Crippen LogP contribution in [-0.2, 0) is 14.3 Å². The number of aliphatic hydroxyl groups is 1. The lowest BCUT2D eigenvalue weighted by molar-refractivity contribution is -0.140. The quantitative estimate of drug-likeness (QED) is 0.244. The van der Waals surface area contributed by atoms with Gasteiger partial charge in [0.2, 0.25) is 0 Å². The Labute approximate surface area is 205 Å². The number of ketones is 1. The van der Waals surface area contributed by atoms with Crippen molar-refractivity contribution < 1.29 is 29.0 Å². The van der Waals surface area contributed by atoms with E-state index in [0.29, 0.717) is 41.2 Å². The monoisotopic (exact) mass is 483 g/mol. The summed E-state index contributed by atoms with van der Waals surface area (Å²) in [5.74, 6) is -1.80. The van der Waals surface area contributed by atoms with E-state index in [1.165, 1.54) is 19.1 Å². The molecule has 0 unspecified atom stereocenters. The molecule has 0 radical (unpaired) electrons. The molecular weight excluding hydrogens is 450 g/mol. The Morgan fingerprint density at radius 1 is 1.17 bits per heavy atom. The van der Waals surface area contributed by atoms with Gasteiger partial charge in [0.15, 0.2) is 0 Å². The number of aliphatic hydroxyl groups excluding tert-OH is 1. The molecule has 2 aromatic rings. The molecule has 9 heteroatoms. The molecule has 1 aliphatic heterocycles. The van der Waals surface area contributed by atoms with Gasteiger partial charge in [-0.1, -0.05) is 26.0 Å². The third-order valence-corrected chi connectivity index (χ3v) is 6.56. The molecule has 188 valence electrons. The number of nitrogens with zero attached hydrogens (tertiary/aromatic N) is 2. The van der Waals surface area contributed by atoms with Crippen molar-refractivity contribution in [1.29, 1.82) is 0 Å². The fourth-order valence-corrected chi connectivity index (χ4v) is 4.60. The largest absolute Gasteiger partial charge is 0.507 e. The Balaban J connectivity index is 2.20. The summed E-state index contributed by atoms with van der Waals surface area (Å²) in [6, 6.07) is 6.30. The van der Waals surface area contributed by atoms with Crippen molar-refractivity contribution in [1.82, 2.24) is 14.8 Å². The third kappa shape index (κ3) is 4.81. The fourth-order valence-electron chi connectivity index (χ4n) is 4.60. The highest BCUT2D eigenvalue weighted by molar-refractivity contribution is 6.46. The number of Topliss-reactive ketones (excluding diaryl/α,β-unsaturated/α-hetero) is 1. The first-order chi connectivity index (χ1) is 16.7. The van der Waals surface area contributed by atoms with Gasteiger partial charge in [-0.25, -0.2) is 4.79 Å². The van der Waals surface area contributed by atoms with E-state index in [-0.39, 0.29) is 17.0 Å². The zero-order chi connectivity index (χ0) is 25.9. The molecule has 2 heterocycles. The first-order valence-electron chi connectivity index (χ1n) is 11.6. The third-order valence-electron chi connectivity index (χ3n) is 6.56. The van der Waals surface area contributed by atoms with E-state index >= 15 is 0 Å². The standard InChI is InChI=1S/C26H33N3O6/c1-7-28(8-2)12-13-29-22(17-10-9-11-18(14-17)34-5)20(24(31)25(29)32)23(30)19-15(3)21(26(33)35-6)27-16(19)4/h9-11,14,22,27,30H,7-8,12-13H2,1-6H3/b23-20-/t22-/m0/s1. The maximum absolute atomic E-state index is 13.3. The van der Waals surface area contributed by atoms with Gasteiger partial charge in [-0.3, -0.25) is 9.59 Å². The number of nitrogens with one attached hydrogen (secondary N) is 1. The van der Waals surface area contributed by atoms with Crippen LogP contribution in [0.3, 0.4) is 0 Å². The minimum Gasteiger partial charge on any atom is -0.507 e. The second-order valence-electron chi connectivity index (χ2n) is 8.41. The Bertz CT molecular complexity index is 1160. The summed E-state index contributed by atoms with van der Waals surface area (Å²) in [7, 11) is 2.80. The van der Waals surface area contributed by atoms with Crippen LogP contribution in [0.25, 0.3) is 5.76 Å². The van der Waals surface area contributed by atoms with Gasteiger partial charge in [0.25, 0.3) is 11.7 Å². The summed E-state index contributed by atoms with van der Waals surface area (Å²) in [6.07, 6.45) is 0. The molecule has 0 bridgehead atoms. The number of carbonyl (C=O) groups is 3. The molecule has 2 N–H and O–H groups in total. The van der Waals surface area contributed by atoms with E-state index in [4.69, 9.17) is 9.47 Å². The van der Waals surface area contributed by atoms with Crippen LogP contribution in [0.1, 0.15) is 52.8 Å². The number of ether oxygens (including phenoxy) is 2. The molecule has 0 aliphatic carbocycles. The highest BCUT2D eigenvalue weighted by atomic mass is 16.5. The number of hydrogen-bond donors (Lipinski definition) is 2. The number of amides is 1. The van der Waals surface area contributed by atoms with E-state index in [9.17, 15) is 19.5 Å². The smallest absolute Gasteiger partial charge is 0.354 e. The number of aryl methyl sites for hydroxylation is 1. The number of carbonyl (C=O) groups excluding carboxylic acids is 3. The summed E-state index contributed by atoms with van der Waals surface area (Å²) < 4.78 is 10.2. The molecule has 1 saturated heterocycles. The lowest BCUT2D eigenvalue weighted by Crippen LogP contribution is -2.38. The molecule has 35 heavy (non-hydrogen) atoms. The average molecular weight is 484 g/mol. The number of likely N-dealkylation sites (tertiary alicyclic amines) is 1. The number of esters is 1. The lowest BCUT2D eigenvalue weighted by Gasteiger charge is -2.28. The fraction of sp³-hybridized carbons (Fsp3) is 0.423. The summed E-state index contributed by atoms with van der Waals surface area (Å²) in [5.41, 5.74) is 2.03. The van der Waals surface area contributed by atoms with Crippen LogP contribution >= 0.6 is 0 Å². The molecule has 9 nitrogen and oxygen atoms in total. The molecule has 1 atom stereocenters. The van der Waals surface area contributed by atoms with Gasteiger partial charge in [-0.15, -0.1) is 0 Å². The number of hydrogen-bond acceptors (Lipinski definition) is 7. The molecule has 1 fully saturated rings. The predicted octanol–water partition coefficient (Wildman–Crippen LogP) is 3.19. The summed E-state index contributed by atoms with van der Waals surface area (Å²) in [5, 5.41) is 11.4. The Kier molecular flexibility index (Phi) is 8.01. The number of aromatic amines is 1. The minimum absolute atomic E-state index is 0.0237. The van der Waals surface area contributed by atoms with Gasteiger partial charge >= 0.3 is 5.97 Å². The van der Waals surface area contributed by atoms with E-state index in [1.807, 2.05) is 13.8 Å². The lowest BCUT2D eigenvalue weighted by atomic mass is 9.94. The molecule has 3 rings (SSSR count). The number of rotatable bonds is 9. The molecular formula is C26H33N3O6. The number of H-pyrrole nitrogens is 1. The number of benzene rings is 1. The first-order valence-corrected chi connectivity index (χ1v) is 11.6. The molecule has 1 aromatic carbocycles. The topological polar surface area (TPSA) is 112 Å². The highest BCUT2D eigenvalue weighted by Crippen LogP contribution is 2.41. The van der Waals surface area contributed by atoms with Gasteiger partial charge in [0.1, 0.15) is 17.2 Å². The average Bonchev–Trinajstić information content (AvgIpc) is 3.30. The summed E-state index contributed by atoms with van der Waals surface area (Å²) in [4.78, 5) is 45.3. The summed E-state index contributed by atoms with van der Waals surface area (Å²) >= 11 is 0. The molecule has 1 amide bonds. The molecule has 0 saturated carbocycles. The predicted molar refractivity (Wildman–Crippen MR) is 131 cm³/mol. The van der Waals surface area contributed by atoms with E-state index in [0.717, 1.165) is 13.1 Å². The first kappa shape index (κ1) is 26.0. The van der Waals surface area contributed by atoms with Crippen molar-refractivity contribution in [2.45, 2.75) is 33.7 Å². The Hall–Kier alpha value is -3.59. The second-order valence-corrected chi connectivity index (χ2v) is 8.41. The number of methoxy groups -OCH3 is 2. The number of likely N-dealkylation sites (N-methyl/N-ethyl adjacent to an activating group) is 1. The van der Waals surface area contributed by atoms with Gasteiger partial charge in [-0.2, -0.15) is 0 Å². The SMILES string of the molecule is CCN(CC)CCN1C(=O)C(=O)/C(=C(\O)c2c(C)[nH]c(C(=O)OC)c2C)[C@@H]1c1cccc(OC)c1. The number of aromatic nitrogens is 1. The van der Waals surface area contributed by atoms with Crippen molar-refractivity contribution in [3.63, 3.8) is 0 Å². The molecule has 0 spiro atoms. The van der Waals surface area contributed by atoms with Crippen molar-refractivity contribution in [3.8, 4) is 5.75 Å². The zero-order valence-electron chi connectivity index (χ0n) is 21.1. The van der Waals surface area contributed by atoms with Gasteiger partial charge in [-0.05, 0) is 50.2 Å². The van der Waals surface area contributed by atoms with E-state index in [1.54, 1.807) is 38.1 Å². The van der Waals surface area contributed by atoms with Crippen molar-refractivity contribution in [3.05, 3.63) is 57.9 Å². The Morgan fingerprint density at radius 2 is 1.86 bits per heavy atom. The maximum Gasteiger partial charge on any atom is 0.354 e. The van der Waals surface area contributed by atoms with Crippen molar-refractivity contribution in [2.24, 2.45) is 0 Å². The zero-order valence-corrected chi connectivity index (χ0v) is 21.1. The van der Waals surface area contributed by atoms with Crippen LogP contribution in [0.2, 0.25) is 0 Å². The van der Waals surface area contributed by atoms with Gasteiger partial charge in [0.05, 0.1) is 25.8 Å². The van der Waals surface area contributed by atoms with Crippen LogP contribution < -0.4 is 4.74 Å². The van der Waals surface area contributed by atoms with Crippen LogP contribution in [-0.4, -0.2) is 77.9 Å². The van der Waals surface area contributed by atoms with Crippen molar-refractivity contribution in [2.75, 3.05) is 40.4 Å². The Morgan fingerprint density at radius 3 is 2.46 bits per heavy atom.